The minimum absolute atomic E-state index is 0.0221. The van der Waals surface area contributed by atoms with E-state index in [0.29, 0.717) is 36.7 Å². The van der Waals surface area contributed by atoms with E-state index in [0.717, 1.165) is 42.4 Å². The van der Waals surface area contributed by atoms with Gasteiger partial charge in [0, 0.05) is 59.8 Å². The quantitative estimate of drug-likeness (QED) is 0.211. The maximum atomic E-state index is 14.0. The molecule has 0 radical (unpaired) electrons. The molecule has 2 amide bonds. The topological polar surface area (TPSA) is 54.8 Å². The summed E-state index contributed by atoms with van der Waals surface area (Å²) in [5.74, 6) is -0.213. The highest BCUT2D eigenvalue weighted by atomic mass is 79.9. The first-order valence-corrected chi connectivity index (χ1v) is 14.8. The number of carbonyl (C=O) groups excluding carboxylic acids is 2. The average molecular weight is 615 g/mol. The largest absolute Gasteiger partial charge is 0.385 e. The first kappa shape index (κ1) is 29.4. The lowest BCUT2D eigenvalue weighted by Gasteiger charge is -2.36. The molecule has 208 valence electrons. The second-order valence-electron chi connectivity index (χ2n) is 10.2. The van der Waals surface area contributed by atoms with Gasteiger partial charge in [-0.15, -0.1) is 0 Å². The maximum Gasteiger partial charge on any atom is 0.254 e. The third-order valence-corrected chi connectivity index (χ3v) is 8.08. The van der Waals surface area contributed by atoms with Gasteiger partial charge >= 0.3 is 0 Å². The second-order valence-corrected chi connectivity index (χ2v) is 11.5. The van der Waals surface area contributed by atoms with Crippen LogP contribution in [0.2, 0.25) is 5.02 Å². The highest BCUT2D eigenvalue weighted by Gasteiger charge is 2.29. The van der Waals surface area contributed by atoms with Crippen LogP contribution >= 0.6 is 27.5 Å². The van der Waals surface area contributed by atoms with Gasteiger partial charge < -0.3 is 19.1 Å². The van der Waals surface area contributed by atoms with E-state index in [9.17, 15) is 9.59 Å². The number of ether oxygens (including phenoxy) is 1. The van der Waals surface area contributed by atoms with Crippen molar-refractivity contribution in [1.82, 2.24) is 14.4 Å². The van der Waals surface area contributed by atoms with Gasteiger partial charge in [0.25, 0.3) is 5.91 Å². The Kier molecular flexibility index (Phi) is 11.1. The lowest BCUT2D eigenvalue weighted by Crippen LogP contribution is -2.48. The van der Waals surface area contributed by atoms with Crippen LogP contribution in [0.25, 0.3) is 0 Å². The first-order valence-electron chi connectivity index (χ1n) is 13.7. The fourth-order valence-corrected chi connectivity index (χ4v) is 5.69. The SMILES string of the molecule is COCCCN(CC(=O)N(Cc1cccn1Cc1ccc(Br)cc1)C1CCCCC1)C(=O)c1cccc(Cl)c1. The standard InChI is InChI=1S/C31H37BrClN3O3/c1-39-19-7-18-35(31(38)25-8-5-9-27(33)20-25)23-30(37)36(28-10-3-2-4-11-28)22-29-12-6-17-34(29)21-24-13-15-26(32)16-14-24/h5-6,8-9,12-17,20,28H,2-4,7,10-11,18-19,21-23H2,1H3. The smallest absolute Gasteiger partial charge is 0.254 e. The van der Waals surface area contributed by atoms with E-state index < -0.39 is 0 Å². The predicted octanol–water partition coefficient (Wildman–Crippen LogP) is 6.79. The average Bonchev–Trinajstić information content (AvgIpc) is 3.39. The molecule has 0 saturated heterocycles. The molecule has 1 aliphatic carbocycles. The number of aromatic nitrogens is 1. The fourth-order valence-electron chi connectivity index (χ4n) is 5.23. The van der Waals surface area contributed by atoms with Crippen molar-refractivity contribution in [1.29, 1.82) is 0 Å². The van der Waals surface area contributed by atoms with Crippen molar-refractivity contribution in [3.63, 3.8) is 0 Å². The Morgan fingerprint density at radius 1 is 1.05 bits per heavy atom. The van der Waals surface area contributed by atoms with Gasteiger partial charge in [0.1, 0.15) is 6.54 Å². The first-order chi connectivity index (χ1) is 18.9. The molecule has 1 saturated carbocycles. The normalized spacial score (nSPS) is 13.8. The Morgan fingerprint density at radius 3 is 2.54 bits per heavy atom. The zero-order chi connectivity index (χ0) is 27.6. The molecule has 3 aromatic rings. The number of benzene rings is 2. The van der Waals surface area contributed by atoms with E-state index in [1.165, 1.54) is 12.0 Å². The molecule has 0 N–H and O–H groups in total. The summed E-state index contributed by atoms with van der Waals surface area (Å²) in [4.78, 5) is 31.1. The second kappa shape index (κ2) is 14.7. The molecule has 0 bridgehead atoms. The lowest BCUT2D eigenvalue weighted by molar-refractivity contribution is -0.135. The van der Waals surface area contributed by atoms with E-state index in [4.69, 9.17) is 16.3 Å². The van der Waals surface area contributed by atoms with Gasteiger partial charge in [-0.3, -0.25) is 9.59 Å². The summed E-state index contributed by atoms with van der Waals surface area (Å²) in [7, 11) is 1.64. The molecule has 1 fully saturated rings. The van der Waals surface area contributed by atoms with Crippen LogP contribution in [0.1, 0.15) is 60.1 Å². The van der Waals surface area contributed by atoms with Crippen molar-refractivity contribution in [3.05, 3.63) is 93.2 Å². The van der Waals surface area contributed by atoms with Crippen molar-refractivity contribution in [2.75, 3.05) is 26.8 Å². The Labute approximate surface area is 245 Å². The number of methoxy groups -OCH3 is 1. The molecule has 0 unspecified atom stereocenters. The number of carbonyl (C=O) groups is 2. The van der Waals surface area contributed by atoms with Gasteiger partial charge in [-0.05, 0) is 67.3 Å². The summed E-state index contributed by atoms with van der Waals surface area (Å²) < 4.78 is 8.48. The molecule has 0 atom stereocenters. The number of hydrogen-bond acceptors (Lipinski definition) is 3. The molecule has 6 nitrogen and oxygen atoms in total. The Bertz CT molecular complexity index is 1220. The van der Waals surface area contributed by atoms with Gasteiger partial charge in [-0.1, -0.05) is 65.0 Å². The Balaban J connectivity index is 1.54. The molecule has 0 spiro atoms. The van der Waals surface area contributed by atoms with E-state index in [-0.39, 0.29) is 24.4 Å². The Morgan fingerprint density at radius 2 is 1.82 bits per heavy atom. The minimum atomic E-state index is -0.191. The minimum Gasteiger partial charge on any atom is -0.385 e. The van der Waals surface area contributed by atoms with Gasteiger partial charge in [-0.2, -0.15) is 0 Å². The molecule has 2 aromatic carbocycles. The third kappa shape index (κ3) is 8.44. The van der Waals surface area contributed by atoms with Crippen molar-refractivity contribution in [2.45, 2.75) is 57.7 Å². The van der Waals surface area contributed by atoms with Crippen LogP contribution in [-0.2, 0) is 22.6 Å². The van der Waals surface area contributed by atoms with Crippen molar-refractivity contribution in [3.8, 4) is 0 Å². The van der Waals surface area contributed by atoms with Crippen LogP contribution in [0.15, 0.2) is 71.3 Å². The number of halogens is 2. The summed E-state index contributed by atoms with van der Waals surface area (Å²) in [6.07, 6.45) is 8.14. The number of hydrogen-bond donors (Lipinski definition) is 0. The fraction of sp³-hybridized carbons (Fsp3) is 0.419. The molecule has 1 aromatic heterocycles. The molecular formula is C31H37BrClN3O3. The summed E-state index contributed by atoms with van der Waals surface area (Å²) in [5, 5.41) is 0.499. The molecule has 8 heteroatoms. The molecule has 1 aliphatic rings. The zero-order valence-electron chi connectivity index (χ0n) is 22.5. The van der Waals surface area contributed by atoms with E-state index in [2.05, 4.69) is 44.9 Å². The summed E-state index contributed by atoms with van der Waals surface area (Å²) in [6.45, 7) is 2.23. The maximum absolute atomic E-state index is 14.0. The van der Waals surface area contributed by atoms with Gasteiger partial charge in [0.05, 0.1) is 6.54 Å². The number of rotatable bonds is 12. The highest BCUT2D eigenvalue weighted by Crippen LogP contribution is 2.25. The number of amides is 2. The highest BCUT2D eigenvalue weighted by molar-refractivity contribution is 9.10. The van der Waals surface area contributed by atoms with Crippen LogP contribution in [0.4, 0.5) is 0 Å². The molecular weight excluding hydrogens is 578 g/mol. The van der Waals surface area contributed by atoms with Crippen molar-refractivity contribution >= 4 is 39.3 Å². The van der Waals surface area contributed by atoms with Crippen LogP contribution in [0.5, 0.6) is 0 Å². The van der Waals surface area contributed by atoms with Crippen LogP contribution in [0, 0.1) is 0 Å². The van der Waals surface area contributed by atoms with Gasteiger partial charge in [-0.25, -0.2) is 0 Å². The number of nitrogens with zero attached hydrogens (tertiary/aromatic N) is 3. The Hall–Kier alpha value is -2.61. The summed E-state index contributed by atoms with van der Waals surface area (Å²) in [6, 6.07) is 19.5. The predicted molar refractivity (Wildman–Crippen MR) is 159 cm³/mol. The zero-order valence-corrected chi connectivity index (χ0v) is 24.9. The van der Waals surface area contributed by atoms with E-state index in [1.807, 2.05) is 23.1 Å². The van der Waals surface area contributed by atoms with Crippen LogP contribution in [0.3, 0.4) is 0 Å². The van der Waals surface area contributed by atoms with Gasteiger partial charge in [0.2, 0.25) is 5.91 Å². The lowest BCUT2D eigenvalue weighted by atomic mass is 9.94. The third-order valence-electron chi connectivity index (χ3n) is 7.32. The molecule has 39 heavy (non-hydrogen) atoms. The van der Waals surface area contributed by atoms with Gasteiger partial charge in [0.15, 0.2) is 0 Å². The summed E-state index contributed by atoms with van der Waals surface area (Å²) in [5.41, 5.74) is 2.77. The van der Waals surface area contributed by atoms with Crippen molar-refractivity contribution in [2.24, 2.45) is 0 Å². The summed E-state index contributed by atoms with van der Waals surface area (Å²) >= 11 is 9.67. The molecule has 4 rings (SSSR count). The van der Waals surface area contributed by atoms with Crippen LogP contribution in [-0.4, -0.2) is 59.0 Å². The van der Waals surface area contributed by atoms with Crippen LogP contribution < -0.4 is 0 Å². The molecule has 1 heterocycles. The molecule has 0 aliphatic heterocycles. The van der Waals surface area contributed by atoms with Crippen molar-refractivity contribution < 1.29 is 14.3 Å². The van der Waals surface area contributed by atoms with E-state index >= 15 is 0 Å². The monoisotopic (exact) mass is 613 g/mol. The van der Waals surface area contributed by atoms with E-state index in [1.54, 1.807) is 36.3 Å².